The van der Waals surface area contributed by atoms with Gasteiger partial charge in [0.1, 0.15) is 5.58 Å². The number of carbonyl (C=O) groups is 1. The number of benzene rings is 1. The molecule has 1 aromatic carbocycles. The molecule has 1 N–H and O–H groups in total. The SMILES string of the molecule is COCc1c(C(=O)NCc2cccs2)oc2ccccc12. The highest BCUT2D eigenvalue weighted by Crippen LogP contribution is 2.26. The van der Waals surface area contributed by atoms with Crippen molar-refractivity contribution in [1.82, 2.24) is 5.32 Å². The molecule has 3 aromatic rings. The van der Waals surface area contributed by atoms with Crippen LogP contribution in [0.15, 0.2) is 46.2 Å². The Kier molecular flexibility index (Phi) is 4.03. The standard InChI is InChI=1S/C16H15NO3S/c1-19-10-13-12-6-2-3-7-14(12)20-15(13)16(18)17-9-11-5-4-8-21-11/h2-8H,9-10H2,1H3,(H,17,18). The van der Waals surface area contributed by atoms with Crippen molar-refractivity contribution in [2.45, 2.75) is 13.2 Å². The molecular weight excluding hydrogens is 286 g/mol. The molecule has 5 heteroatoms. The molecule has 3 rings (SSSR count). The van der Waals surface area contributed by atoms with Gasteiger partial charge in [-0.05, 0) is 17.5 Å². The van der Waals surface area contributed by atoms with E-state index in [0.29, 0.717) is 24.5 Å². The summed E-state index contributed by atoms with van der Waals surface area (Å²) in [6.07, 6.45) is 0. The van der Waals surface area contributed by atoms with E-state index < -0.39 is 0 Å². The molecule has 0 aliphatic heterocycles. The topological polar surface area (TPSA) is 51.5 Å². The van der Waals surface area contributed by atoms with Crippen LogP contribution in [0.4, 0.5) is 0 Å². The largest absolute Gasteiger partial charge is 0.451 e. The highest BCUT2D eigenvalue weighted by molar-refractivity contribution is 7.09. The van der Waals surface area contributed by atoms with Gasteiger partial charge in [0.05, 0.1) is 13.2 Å². The fourth-order valence-electron chi connectivity index (χ4n) is 2.23. The molecule has 2 aromatic heterocycles. The van der Waals surface area contributed by atoms with Crippen LogP contribution in [0, 0.1) is 0 Å². The second kappa shape index (κ2) is 6.11. The van der Waals surface area contributed by atoms with Crippen LogP contribution in [0.3, 0.4) is 0 Å². The molecule has 0 unspecified atom stereocenters. The molecule has 2 heterocycles. The van der Waals surface area contributed by atoms with Crippen LogP contribution < -0.4 is 5.32 Å². The van der Waals surface area contributed by atoms with E-state index in [1.807, 2.05) is 41.8 Å². The zero-order chi connectivity index (χ0) is 14.7. The number of ether oxygens (including phenoxy) is 1. The average Bonchev–Trinajstić information content (AvgIpc) is 3.13. The zero-order valence-corrected chi connectivity index (χ0v) is 12.4. The maximum Gasteiger partial charge on any atom is 0.287 e. The maximum absolute atomic E-state index is 12.3. The van der Waals surface area contributed by atoms with E-state index in [2.05, 4.69) is 5.32 Å². The number of carbonyl (C=O) groups excluding carboxylic acids is 1. The Hall–Kier alpha value is -2.11. The number of amides is 1. The second-order valence-corrected chi connectivity index (χ2v) is 5.63. The number of para-hydroxylation sites is 1. The molecule has 108 valence electrons. The number of fused-ring (bicyclic) bond motifs is 1. The molecule has 0 bridgehead atoms. The van der Waals surface area contributed by atoms with Gasteiger partial charge in [-0.25, -0.2) is 0 Å². The van der Waals surface area contributed by atoms with Crippen LogP contribution >= 0.6 is 11.3 Å². The highest BCUT2D eigenvalue weighted by Gasteiger charge is 2.20. The third kappa shape index (κ3) is 2.84. The zero-order valence-electron chi connectivity index (χ0n) is 11.6. The van der Waals surface area contributed by atoms with Gasteiger partial charge in [-0.1, -0.05) is 24.3 Å². The van der Waals surface area contributed by atoms with E-state index in [-0.39, 0.29) is 5.91 Å². The summed E-state index contributed by atoms with van der Waals surface area (Å²) in [4.78, 5) is 13.5. The van der Waals surface area contributed by atoms with Gasteiger partial charge in [0.2, 0.25) is 0 Å². The van der Waals surface area contributed by atoms with E-state index in [1.165, 1.54) is 0 Å². The van der Waals surface area contributed by atoms with E-state index in [1.54, 1.807) is 18.4 Å². The summed E-state index contributed by atoms with van der Waals surface area (Å²) in [5.41, 5.74) is 1.49. The molecule has 0 spiro atoms. The lowest BCUT2D eigenvalue weighted by atomic mass is 10.1. The Bertz CT molecular complexity index is 746. The van der Waals surface area contributed by atoms with Crippen LogP contribution in [-0.4, -0.2) is 13.0 Å². The average molecular weight is 301 g/mol. The fraction of sp³-hybridized carbons (Fsp3) is 0.188. The van der Waals surface area contributed by atoms with Crippen molar-refractivity contribution < 1.29 is 13.9 Å². The normalized spacial score (nSPS) is 10.9. The lowest BCUT2D eigenvalue weighted by Gasteiger charge is -2.03. The van der Waals surface area contributed by atoms with Crippen LogP contribution in [-0.2, 0) is 17.9 Å². The first-order chi connectivity index (χ1) is 10.3. The molecule has 0 saturated heterocycles. The first-order valence-electron chi connectivity index (χ1n) is 6.59. The Morgan fingerprint density at radius 3 is 2.90 bits per heavy atom. The number of furan rings is 1. The Morgan fingerprint density at radius 2 is 2.14 bits per heavy atom. The predicted octanol–water partition coefficient (Wildman–Crippen LogP) is 3.57. The van der Waals surface area contributed by atoms with Crippen LogP contribution in [0.1, 0.15) is 21.0 Å². The van der Waals surface area contributed by atoms with Crippen molar-refractivity contribution >= 4 is 28.2 Å². The summed E-state index contributed by atoms with van der Waals surface area (Å²) in [7, 11) is 1.61. The van der Waals surface area contributed by atoms with Gasteiger partial charge >= 0.3 is 0 Å². The number of hydrogen-bond acceptors (Lipinski definition) is 4. The van der Waals surface area contributed by atoms with E-state index in [9.17, 15) is 4.79 Å². The first kappa shape index (κ1) is 13.9. The number of rotatable bonds is 5. The molecular formula is C16H15NO3S. The summed E-state index contributed by atoms with van der Waals surface area (Å²) in [6, 6.07) is 11.5. The van der Waals surface area contributed by atoms with Crippen molar-refractivity contribution in [2.75, 3.05) is 7.11 Å². The quantitative estimate of drug-likeness (QED) is 0.784. The lowest BCUT2D eigenvalue weighted by molar-refractivity contribution is 0.0919. The van der Waals surface area contributed by atoms with Crippen molar-refractivity contribution in [1.29, 1.82) is 0 Å². The molecule has 21 heavy (non-hydrogen) atoms. The van der Waals surface area contributed by atoms with E-state index in [0.717, 1.165) is 15.8 Å². The van der Waals surface area contributed by atoms with Gasteiger partial charge in [0.25, 0.3) is 5.91 Å². The van der Waals surface area contributed by atoms with Gasteiger partial charge in [-0.2, -0.15) is 0 Å². The number of thiophene rings is 1. The summed E-state index contributed by atoms with van der Waals surface area (Å²) in [6.45, 7) is 0.846. The monoisotopic (exact) mass is 301 g/mol. The molecule has 0 radical (unpaired) electrons. The maximum atomic E-state index is 12.3. The second-order valence-electron chi connectivity index (χ2n) is 4.60. The van der Waals surface area contributed by atoms with Crippen molar-refractivity contribution in [3.8, 4) is 0 Å². The molecule has 0 atom stereocenters. The number of nitrogens with one attached hydrogen (secondary N) is 1. The Morgan fingerprint density at radius 1 is 1.29 bits per heavy atom. The van der Waals surface area contributed by atoms with Crippen LogP contribution in [0.5, 0.6) is 0 Å². The minimum atomic E-state index is -0.216. The minimum absolute atomic E-state index is 0.216. The van der Waals surface area contributed by atoms with Gasteiger partial charge in [0, 0.05) is 22.9 Å². The van der Waals surface area contributed by atoms with E-state index in [4.69, 9.17) is 9.15 Å². The smallest absolute Gasteiger partial charge is 0.287 e. The number of methoxy groups -OCH3 is 1. The van der Waals surface area contributed by atoms with Gasteiger partial charge < -0.3 is 14.5 Å². The van der Waals surface area contributed by atoms with Crippen molar-refractivity contribution in [3.05, 3.63) is 58.0 Å². The predicted molar refractivity (Wildman–Crippen MR) is 82.4 cm³/mol. The van der Waals surface area contributed by atoms with Crippen LogP contribution in [0.2, 0.25) is 0 Å². The summed E-state index contributed by atoms with van der Waals surface area (Å²) < 4.78 is 10.9. The molecule has 4 nitrogen and oxygen atoms in total. The summed E-state index contributed by atoms with van der Waals surface area (Å²) >= 11 is 1.61. The van der Waals surface area contributed by atoms with Crippen molar-refractivity contribution in [3.63, 3.8) is 0 Å². The number of hydrogen-bond donors (Lipinski definition) is 1. The fourth-order valence-corrected chi connectivity index (χ4v) is 2.88. The van der Waals surface area contributed by atoms with Gasteiger partial charge in [-0.15, -0.1) is 11.3 Å². The van der Waals surface area contributed by atoms with Crippen molar-refractivity contribution in [2.24, 2.45) is 0 Å². The van der Waals surface area contributed by atoms with E-state index >= 15 is 0 Å². The summed E-state index contributed by atoms with van der Waals surface area (Å²) in [5.74, 6) is 0.112. The highest BCUT2D eigenvalue weighted by atomic mass is 32.1. The minimum Gasteiger partial charge on any atom is -0.451 e. The Balaban J connectivity index is 1.87. The molecule has 0 saturated carbocycles. The van der Waals surface area contributed by atoms with Gasteiger partial charge in [-0.3, -0.25) is 4.79 Å². The Labute approximate surface area is 126 Å². The molecule has 1 amide bonds. The third-order valence-corrected chi connectivity index (χ3v) is 4.07. The molecule has 0 aliphatic rings. The molecule has 0 aliphatic carbocycles. The van der Waals surface area contributed by atoms with Gasteiger partial charge in [0.15, 0.2) is 5.76 Å². The third-order valence-electron chi connectivity index (χ3n) is 3.20. The van der Waals surface area contributed by atoms with Crippen LogP contribution in [0.25, 0.3) is 11.0 Å². The first-order valence-corrected chi connectivity index (χ1v) is 7.47. The molecule has 0 fully saturated rings. The lowest BCUT2D eigenvalue weighted by Crippen LogP contribution is -2.23. The summed E-state index contributed by atoms with van der Waals surface area (Å²) in [5, 5.41) is 5.79.